The lowest BCUT2D eigenvalue weighted by Crippen LogP contribution is -2.50. The van der Waals surface area contributed by atoms with Gasteiger partial charge >= 0.3 is 0 Å². The molecule has 1 saturated carbocycles. The van der Waals surface area contributed by atoms with Gasteiger partial charge in [0, 0.05) is 63.3 Å². The van der Waals surface area contributed by atoms with Crippen LogP contribution in [-0.4, -0.2) is 85.8 Å². The highest BCUT2D eigenvalue weighted by atomic mass is 32.1. The molecule has 0 spiro atoms. The van der Waals surface area contributed by atoms with E-state index in [0.29, 0.717) is 25.2 Å². The molecule has 0 unspecified atom stereocenters. The third-order valence-electron chi connectivity index (χ3n) is 6.57. The Hall–Kier alpha value is -2.10. The molecule has 2 aromatic heterocycles. The van der Waals surface area contributed by atoms with Gasteiger partial charge in [-0.2, -0.15) is 5.10 Å². The number of hydrogen-bond donors (Lipinski definition) is 0. The second-order valence-electron chi connectivity index (χ2n) is 8.93. The number of carbonyl (C=O) groups excluding carboxylic acids is 1. The molecule has 9 heteroatoms. The summed E-state index contributed by atoms with van der Waals surface area (Å²) in [6.45, 7) is 6.77. The first kappa shape index (κ1) is 20.8. The molecule has 166 valence electrons. The van der Waals surface area contributed by atoms with Crippen LogP contribution in [0.25, 0.3) is 11.4 Å². The van der Waals surface area contributed by atoms with Crippen molar-refractivity contribution < 1.29 is 4.79 Å². The number of hydrogen-bond acceptors (Lipinski definition) is 6. The number of rotatable bonds is 6. The summed E-state index contributed by atoms with van der Waals surface area (Å²) in [5.41, 5.74) is 1.01. The predicted molar refractivity (Wildman–Crippen MR) is 121 cm³/mol. The molecule has 0 N–H and O–H groups in total. The van der Waals surface area contributed by atoms with E-state index in [-0.39, 0.29) is 0 Å². The molecule has 0 aromatic carbocycles. The Morgan fingerprint density at radius 1 is 1.03 bits per heavy atom. The first-order valence-corrected chi connectivity index (χ1v) is 11.9. The molecule has 2 aromatic rings. The number of carbonyl (C=O) groups is 1. The summed E-state index contributed by atoms with van der Waals surface area (Å²) in [4.78, 5) is 23.5. The fourth-order valence-corrected chi connectivity index (χ4v) is 4.91. The Balaban J connectivity index is 1.21. The minimum atomic E-state index is 0.291. The van der Waals surface area contributed by atoms with Crippen molar-refractivity contribution >= 4 is 18.1 Å². The van der Waals surface area contributed by atoms with E-state index in [1.807, 2.05) is 27.9 Å². The van der Waals surface area contributed by atoms with E-state index in [4.69, 9.17) is 17.3 Å². The lowest BCUT2D eigenvalue weighted by Gasteiger charge is -2.35. The van der Waals surface area contributed by atoms with Crippen LogP contribution in [0.2, 0.25) is 0 Å². The molecule has 2 aliphatic heterocycles. The van der Waals surface area contributed by atoms with E-state index in [2.05, 4.69) is 19.4 Å². The summed E-state index contributed by atoms with van der Waals surface area (Å²) in [7, 11) is 0. The van der Waals surface area contributed by atoms with Crippen LogP contribution < -0.4 is 0 Å². The maximum atomic E-state index is 12.6. The highest BCUT2D eigenvalue weighted by molar-refractivity contribution is 7.71. The maximum absolute atomic E-state index is 12.6. The minimum Gasteiger partial charge on any atom is -0.342 e. The van der Waals surface area contributed by atoms with Gasteiger partial charge in [-0.05, 0) is 56.5 Å². The van der Waals surface area contributed by atoms with Gasteiger partial charge in [0.25, 0.3) is 0 Å². The molecule has 0 bridgehead atoms. The summed E-state index contributed by atoms with van der Waals surface area (Å²) >= 11 is 5.81. The smallest absolute Gasteiger partial charge is 0.236 e. The topological polar surface area (TPSA) is 62.4 Å². The molecule has 4 heterocycles. The lowest BCUT2D eigenvalue weighted by molar-refractivity contribution is -0.133. The number of piperidine rings is 1. The Morgan fingerprint density at radius 3 is 2.45 bits per heavy atom. The number of aromatic nitrogens is 4. The second-order valence-corrected chi connectivity index (χ2v) is 9.29. The molecule has 1 aliphatic carbocycles. The number of nitrogens with zero attached hydrogens (tertiary/aromatic N) is 7. The molecular weight excluding hydrogens is 410 g/mol. The molecular formula is C22H31N7OS. The van der Waals surface area contributed by atoms with Gasteiger partial charge in [0.1, 0.15) is 0 Å². The van der Waals surface area contributed by atoms with Crippen LogP contribution in [0.1, 0.15) is 38.1 Å². The van der Waals surface area contributed by atoms with E-state index >= 15 is 0 Å². The average Bonchev–Trinajstić information content (AvgIpc) is 3.60. The zero-order chi connectivity index (χ0) is 21.2. The molecule has 0 atom stereocenters. The van der Waals surface area contributed by atoms with Gasteiger partial charge in [-0.1, -0.05) is 0 Å². The van der Waals surface area contributed by atoms with Crippen molar-refractivity contribution in [2.24, 2.45) is 0 Å². The van der Waals surface area contributed by atoms with Crippen molar-refractivity contribution in [3.8, 4) is 11.4 Å². The van der Waals surface area contributed by atoms with E-state index < -0.39 is 0 Å². The molecule has 2 saturated heterocycles. The van der Waals surface area contributed by atoms with Crippen LogP contribution in [0.15, 0.2) is 24.5 Å². The SMILES string of the molecule is O=C(CN1CCN(Cn2nc(-c3cccnc3)n(C3CC3)c2=S)CC1)N1CCCCC1. The van der Waals surface area contributed by atoms with Gasteiger partial charge in [-0.25, -0.2) is 4.68 Å². The average molecular weight is 442 g/mol. The third-order valence-corrected chi connectivity index (χ3v) is 6.98. The minimum absolute atomic E-state index is 0.291. The third kappa shape index (κ3) is 4.73. The van der Waals surface area contributed by atoms with Crippen molar-refractivity contribution in [3.63, 3.8) is 0 Å². The fourth-order valence-electron chi connectivity index (χ4n) is 4.58. The van der Waals surface area contributed by atoms with Crippen molar-refractivity contribution in [2.75, 3.05) is 45.8 Å². The molecule has 3 aliphatic rings. The summed E-state index contributed by atoms with van der Waals surface area (Å²) < 4.78 is 4.97. The van der Waals surface area contributed by atoms with Crippen LogP contribution in [-0.2, 0) is 11.5 Å². The Kier molecular flexibility index (Phi) is 6.15. The monoisotopic (exact) mass is 441 g/mol. The van der Waals surface area contributed by atoms with E-state index in [1.165, 1.54) is 6.42 Å². The summed E-state index contributed by atoms with van der Waals surface area (Å²) in [5, 5.41) is 4.88. The Labute approximate surface area is 188 Å². The van der Waals surface area contributed by atoms with Crippen LogP contribution in [0.3, 0.4) is 0 Å². The molecule has 0 radical (unpaired) electrons. The van der Waals surface area contributed by atoms with Crippen LogP contribution in [0.5, 0.6) is 0 Å². The fraction of sp³-hybridized carbons (Fsp3) is 0.636. The quantitative estimate of drug-likeness (QED) is 0.642. The zero-order valence-electron chi connectivity index (χ0n) is 18.0. The van der Waals surface area contributed by atoms with Crippen molar-refractivity contribution in [1.29, 1.82) is 0 Å². The van der Waals surface area contributed by atoms with Crippen LogP contribution >= 0.6 is 12.2 Å². The molecule has 5 rings (SSSR count). The van der Waals surface area contributed by atoms with Crippen LogP contribution in [0.4, 0.5) is 0 Å². The van der Waals surface area contributed by atoms with Crippen molar-refractivity contribution in [2.45, 2.75) is 44.8 Å². The zero-order valence-corrected chi connectivity index (χ0v) is 18.8. The molecule has 1 amide bonds. The lowest BCUT2D eigenvalue weighted by atomic mass is 10.1. The van der Waals surface area contributed by atoms with E-state index in [9.17, 15) is 4.79 Å². The second kappa shape index (κ2) is 9.18. The van der Waals surface area contributed by atoms with Gasteiger partial charge in [0.05, 0.1) is 13.2 Å². The van der Waals surface area contributed by atoms with Gasteiger partial charge in [0.15, 0.2) is 10.6 Å². The first-order valence-electron chi connectivity index (χ1n) is 11.5. The van der Waals surface area contributed by atoms with Gasteiger partial charge < -0.3 is 4.90 Å². The highest BCUT2D eigenvalue weighted by Crippen LogP contribution is 2.38. The predicted octanol–water partition coefficient (Wildman–Crippen LogP) is 2.40. The first-order chi connectivity index (χ1) is 15.2. The number of likely N-dealkylation sites (tertiary alicyclic amines) is 1. The summed E-state index contributed by atoms with van der Waals surface area (Å²) in [5.74, 6) is 1.21. The standard InChI is InChI=1S/C22H31N7OS/c30-20(27-9-2-1-3-10-27)16-25-11-13-26(14-12-25)17-28-22(31)29(19-6-7-19)21(24-28)18-5-4-8-23-15-18/h4-5,8,15,19H,1-3,6-7,9-14,16-17H2. The van der Waals surface area contributed by atoms with Gasteiger partial charge in [-0.15, -0.1) is 0 Å². The molecule has 8 nitrogen and oxygen atoms in total. The van der Waals surface area contributed by atoms with Crippen LogP contribution in [0, 0.1) is 4.77 Å². The Morgan fingerprint density at radius 2 is 1.77 bits per heavy atom. The molecule has 31 heavy (non-hydrogen) atoms. The normalized spacial score (nSPS) is 20.8. The van der Waals surface area contributed by atoms with E-state index in [1.54, 1.807) is 6.20 Å². The highest BCUT2D eigenvalue weighted by Gasteiger charge is 2.30. The van der Waals surface area contributed by atoms with Gasteiger partial charge in [-0.3, -0.25) is 24.1 Å². The van der Waals surface area contributed by atoms with Crippen molar-refractivity contribution in [3.05, 3.63) is 29.3 Å². The van der Waals surface area contributed by atoms with E-state index in [0.717, 1.165) is 81.1 Å². The molecule has 3 fully saturated rings. The number of amides is 1. The summed E-state index contributed by atoms with van der Waals surface area (Å²) in [6, 6.07) is 4.46. The van der Waals surface area contributed by atoms with Gasteiger partial charge in [0.2, 0.25) is 5.91 Å². The number of piperazine rings is 1. The maximum Gasteiger partial charge on any atom is 0.236 e. The summed E-state index contributed by atoms with van der Waals surface area (Å²) in [6.07, 6.45) is 9.52. The van der Waals surface area contributed by atoms with Crippen molar-refractivity contribution in [1.82, 2.24) is 34.0 Å². The number of pyridine rings is 1. The largest absolute Gasteiger partial charge is 0.342 e. The Bertz CT molecular complexity index is 954.